The summed E-state index contributed by atoms with van der Waals surface area (Å²) in [4.78, 5) is 17.9. The maximum atomic E-state index is 13.1. The molecular formula is C23H30N4O3S. The smallest absolute Gasteiger partial charge is 0.251 e. The Morgan fingerprint density at radius 1 is 1.03 bits per heavy atom. The quantitative estimate of drug-likeness (QED) is 0.652. The minimum absolute atomic E-state index is 0.0218. The van der Waals surface area contributed by atoms with Gasteiger partial charge in [-0.25, -0.2) is 13.1 Å². The van der Waals surface area contributed by atoms with Crippen molar-refractivity contribution in [2.24, 2.45) is 0 Å². The van der Waals surface area contributed by atoms with Crippen molar-refractivity contribution in [3.05, 3.63) is 65.7 Å². The highest BCUT2D eigenvalue weighted by molar-refractivity contribution is 7.89. The summed E-state index contributed by atoms with van der Waals surface area (Å²) >= 11 is 0. The lowest BCUT2D eigenvalue weighted by molar-refractivity contribution is 0.0907. The third kappa shape index (κ3) is 5.92. The highest BCUT2D eigenvalue weighted by Gasteiger charge is 2.28. The first-order chi connectivity index (χ1) is 14.9. The molecule has 1 unspecified atom stereocenters. The number of amides is 1. The zero-order chi connectivity index (χ0) is 21.8. The maximum Gasteiger partial charge on any atom is 0.251 e. The Morgan fingerprint density at radius 3 is 2.42 bits per heavy atom. The number of carbonyl (C=O) groups excluding carboxylic acids is 1. The SMILES string of the molecule is CN1CCN(CC(NC(=O)c2cccc(S(=O)(=O)NC3CC3)c2)c2ccccc2)CC1. The fourth-order valence-electron chi connectivity index (χ4n) is 3.74. The molecule has 8 heteroatoms. The first kappa shape index (κ1) is 22.0. The van der Waals surface area contributed by atoms with Crippen molar-refractivity contribution < 1.29 is 13.2 Å². The van der Waals surface area contributed by atoms with Gasteiger partial charge in [0.25, 0.3) is 5.91 Å². The topological polar surface area (TPSA) is 81.8 Å². The van der Waals surface area contributed by atoms with Crippen LogP contribution in [0.3, 0.4) is 0 Å². The van der Waals surface area contributed by atoms with Crippen molar-refractivity contribution in [2.45, 2.75) is 29.8 Å². The number of nitrogens with zero attached hydrogens (tertiary/aromatic N) is 2. The fraction of sp³-hybridized carbons (Fsp3) is 0.435. The van der Waals surface area contributed by atoms with Crippen LogP contribution in [0.4, 0.5) is 0 Å². The third-order valence-corrected chi connectivity index (χ3v) is 7.37. The number of piperazine rings is 1. The first-order valence-electron chi connectivity index (χ1n) is 10.8. The minimum Gasteiger partial charge on any atom is -0.344 e. The Balaban J connectivity index is 1.50. The van der Waals surface area contributed by atoms with E-state index in [9.17, 15) is 13.2 Å². The number of sulfonamides is 1. The van der Waals surface area contributed by atoms with Crippen molar-refractivity contribution in [1.82, 2.24) is 19.8 Å². The summed E-state index contributed by atoms with van der Waals surface area (Å²) in [5, 5.41) is 3.13. The summed E-state index contributed by atoms with van der Waals surface area (Å²) in [5.41, 5.74) is 1.38. The molecule has 166 valence electrons. The highest BCUT2D eigenvalue weighted by atomic mass is 32.2. The number of hydrogen-bond acceptors (Lipinski definition) is 5. The number of likely N-dealkylation sites (N-methyl/N-ethyl adjacent to an activating group) is 1. The minimum atomic E-state index is -3.60. The van der Waals surface area contributed by atoms with Gasteiger partial charge in [0.05, 0.1) is 10.9 Å². The van der Waals surface area contributed by atoms with E-state index in [1.165, 1.54) is 12.1 Å². The van der Waals surface area contributed by atoms with Crippen LogP contribution >= 0.6 is 0 Å². The molecule has 0 spiro atoms. The number of rotatable bonds is 8. The summed E-state index contributed by atoms with van der Waals surface area (Å²) in [5.74, 6) is -0.272. The molecule has 4 rings (SSSR count). The first-order valence-corrected chi connectivity index (χ1v) is 12.3. The van der Waals surface area contributed by atoms with Crippen LogP contribution in [0.5, 0.6) is 0 Å². The lowest BCUT2D eigenvalue weighted by Crippen LogP contribution is -2.47. The van der Waals surface area contributed by atoms with Crippen molar-refractivity contribution in [2.75, 3.05) is 39.8 Å². The van der Waals surface area contributed by atoms with Gasteiger partial charge < -0.3 is 10.2 Å². The van der Waals surface area contributed by atoms with Gasteiger partial charge in [-0.3, -0.25) is 9.69 Å². The monoisotopic (exact) mass is 442 g/mol. The molecule has 1 saturated carbocycles. The Morgan fingerprint density at radius 2 is 1.74 bits per heavy atom. The molecule has 1 saturated heterocycles. The van der Waals surface area contributed by atoms with Gasteiger partial charge in [-0.05, 0) is 43.7 Å². The molecule has 31 heavy (non-hydrogen) atoms. The van der Waals surface area contributed by atoms with Crippen molar-refractivity contribution in [3.8, 4) is 0 Å². The number of carbonyl (C=O) groups is 1. The van der Waals surface area contributed by atoms with Crippen LogP contribution in [-0.4, -0.2) is 69.9 Å². The van der Waals surface area contributed by atoms with E-state index in [1.807, 2.05) is 30.3 Å². The molecule has 0 radical (unpaired) electrons. The van der Waals surface area contributed by atoms with E-state index in [0.717, 1.165) is 44.6 Å². The summed E-state index contributed by atoms with van der Waals surface area (Å²) in [6.07, 6.45) is 1.73. The summed E-state index contributed by atoms with van der Waals surface area (Å²) < 4.78 is 27.7. The van der Waals surface area contributed by atoms with E-state index in [4.69, 9.17) is 0 Å². The Hall–Kier alpha value is -2.26. The highest BCUT2D eigenvalue weighted by Crippen LogP contribution is 2.23. The average Bonchev–Trinajstić information content (AvgIpc) is 3.59. The Kier molecular flexibility index (Phi) is 6.71. The maximum absolute atomic E-state index is 13.1. The second kappa shape index (κ2) is 9.48. The van der Waals surface area contributed by atoms with Gasteiger partial charge >= 0.3 is 0 Å². The van der Waals surface area contributed by atoms with Gasteiger partial charge in [-0.2, -0.15) is 0 Å². The van der Waals surface area contributed by atoms with Crippen LogP contribution in [0.15, 0.2) is 59.5 Å². The van der Waals surface area contributed by atoms with Crippen LogP contribution in [-0.2, 0) is 10.0 Å². The molecule has 2 aliphatic rings. The van der Waals surface area contributed by atoms with E-state index in [2.05, 4.69) is 26.9 Å². The molecule has 0 bridgehead atoms. The van der Waals surface area contributed by atoms with Gasteiger partial charge in [0.1, 0.15) is 0 Å². The normalized spacial score (nSPS) is 19.1. The Labute approximate surface area is 184 Å². The van der Waals surface area contributed by atoms with E-state index in [1.54, 1.807) is 12.1 Å². The average molecular weight is 443 g/mol. The zero-order valence-corrected chi connectivity index (χ0v) is 18.6. The third-order valence-electron chi connectivity index (χ3n) is 5.85. The molecule has 1 atom stereocenters. The van der Waals surface area contributed by atoms with E-state index in [0.29, 0.717) is 12.1 Å². The van der Waals surface area contributed by atoms with E-state index in [-0.39, 0.29) is 22.9 Å². The summed E-state index contributed by atoms with van der Waals surface area (Å²) in [6.45, 7) is 4.63. The van der Waals surface area contributed by atoms with Gasteiger partial charge in [-0.15, -0.1) is 0 Å². The standard InChI is InChI=1S/C23H30N4O3S/c1-26-12-14-27(15-13-26)17-22(18-6-3-2-4-7-18)24-23(28)19-8-5-9-21(16-19)31(29,30)25-20-10-11-20/h2-9,16,20,22,25H,10-15,17H2,1H3,(H,24,28). The molecule has 2 N–H and O–H groups in total. The van der Waals surface area contributed by atoms with Crippen LogP contribution in [0, 0.1) is 0 Å². The molecule has 1 heterocycles. The zero-order valence-electron chi connectivity index (χ0n) is 17.8. The van der Waals surface area contributed by atoms with E-state index < -0.39 is 10.0 Å². The largest absolute Gasteiger partial charge is 0.344 e. The molecule has 0 aromatic heterocycles. The molecule has 2 aromatic carbocycles. The summed E-state index contributed by atoms with van der Waals surface area (Å²) in [7, 11) is -1.49. The molecule has 1 amide bonds. The molecule has 2 aromatic rings. The number of hydrogen-bond donors (Lipinski definition) is 2. The lowest BCUT2D eigenvalue weighted by atomic mass is 10.0. The van der Waals surface area contributed by atoms with Gasteiger partial charge in [0, 0.05) is 44.3 Å². The van der Waals surface area contributed by atoms with E-state index >= 15 is 0 Å². The second-order valence-electron chi connectivity index (χ2n) is 8.46. The predicted molar refractivity (Wildman–Crippen MR) is 120 cm³/mol. The van der Waals surface area contributed by atoms with Crippen LogP contribution < -0.4 is 10.0 Å². The van der Waals surface area contributed by atoms with Crippen molar-refractivity contribution in [1.29, 1.82) is 0 Å². The lowest BCUT2D eigenvalue weighted by Gasteiger charge is -2.35. The van der Waals surface area contributed by atoms with Crippen LogP contribution in [0.2, 0.25) is 0 Å². The fourth-order valence-corrected chi connectivity index (χ4v) is 5.09. The van der Waals surface area contributed by atoms with Gasteiger partial charge in [0.2, 0.25) is 10.0 Å². The molecule has 1 aliphatic heterocycles. The van der Waals surface area contributed by atoms with Crippen molar-refractivity contribution in [3.63, 3.8) is 0 Å². The molecule has 2 fully saturated rings. The van der Waals surface area contributed by atoms with Crippen LogP contribution in [0.1, 0.15) is 34.8 Å². The second-order valence-corrected chi connectivity index (χ2v) is 10.2. The molecule has 1 aliphatic carbocycles. The van der Waals surface area contributed by atoms with Crippen molar-refractivity contribution >= 4 is 15.9 Å². The summed E-state index contributed by atoms with van der Waals surface area (Å²) in [6, 6.07) is 16.0. The van der Waals surface area contributed by atoms with Gasteiger partial charge in [-0.1, -0.05) is 36.4 Å². The number of nitrogens with one attached hydrogen (secondary N) is 2. The van der Waals surface area contributed by atoms with Crippen LogP contribution in [0.25, 0.3) is 0 Å². The Bertz CT molecular complexity index is 1000. The molecular weight excluding hydrogens is 412 g/mol. The number of benzene rings is 2. The van der Waals surface area contributed by atoms with Gasteiger partial charge in [0.15, 0.2) is 0 Å². The molecule has 7 nitrogen and oxygen atoms in total. The predicted octanol–water partition coefficient (Wildman–Crippen LogP) is 1.85.